The molecule has 0 unspecified atom stereocenters. The summed E-state index contributed by atoms with van der Waals surface area (Å²) >= 11 is 5.81. The zero-order chi connectivity index (χ0) is 9.84. The molecule has 1 rings (SSSR count). The fourth-order valence-corrected chi connectivity index (χ4v) is 1.17. The van der Waals surface area contributed by atoms with Crippen LogP contribution in [0.1, 0.15) is 12.5 Å². The van der Waals surface area contributed by atoms with Crippen molar-refractivity contribution in [3.63, 3.8) is 0 Å². The lowest BCUT2D eigenvalue weighted by molar-refractivity contribution is 0.625. The van der Waals surface area contributed by atoms with Gasteiger partial charge in [0.05, 0.1) is 5.02 Å². The minimum Gasteiger partial charge on any atom is -0.327 e. The van der Waals surface area contributed by atoms with Crippen molar-refractivity contribution in [1.29, 1.82) is 0 Å². The van der Waals surface area contributed by atoms with E-state index in [-0.39, 0.29) is 5.82 Å². The quantitative estimate of drug-likeness (QED) is 0.779. The maximum absolute atomic E-state index is 13.2. The van der Waals surface area contributed by atoms with E-state index in [1.165, 1.54) is 6.07 Å². The highest BCUT2D eigenvalue weighted by Gasteiger charge is 2.03. The third-order valence-corrected chi connectivity index (χ3v) is 2.04. The van der Waals surface area contributed by atoms with Crippen molar-refractivity contribution in [2.45, 2.75) is 6.92 Å². The predicted octanol–water partition coefficient (Wildman–Crippen LogP) is 2.84. The Morgan fingerprint density at radius 3 is 2.85 bits per heavy atom. The molecule has 0 heterocycles. The van der Waals surface area contributed by atoms with Crippen LogP contribution < -0.4 is 5.73 Å². The van der Waals surface area contributed by atoms with Crippen LogP contribution in [0.5, 0.6) is 0 Å². The Labute approximate surface area is 82.0 Å². The maximum atomic E-state index is 13.2. The van der Waals surface area contributed by atoms with Gasteiger partial charge in [-0.2, -0.15) is 0 Å². The first-order valence-corrected chi connectivity index (χ1v) is 4.34. The molecule has 0 fully saturated rings. The smallest absolute Gasteiger partial charge is 0.131 e. The van der Waals surface area contributed by atoms with Gasteiger partial charge in [-0.15, -0.1) is 0 Å². The van der Waals surface area contributed by atoms with E-state index >= 15 is 0 Å². The summed E-state index contributed by atoms with van der Waals surface area (Å²) in [7, 11) is 0. The van der Waals surface area contributed by atoms with Crippen LogP contribution in [0.3, 0.4) is 0 Å². The molecule has 0 spiro atoms. The first-order chi connectivity index (χ1) is 6.15. The average Bonchev–Trinajstić information content (AvgIpc) is 2.11. The molecule has 1 aromatic carbocycles. The second-order valence-corrected chi connectivity index (χ2v) is 3.24. The Bertz CT molecular complexity index is 313. The summed E-state index contributed by atoms with van der Waals surface area (Å²) in [4.78, 5) is 0. The third-order valence-electron chi connectivity index (χ3n) is 1.71. The van der Waals surface area contributed by atoms with Crippen molar-refractivity contribution in [3.05, 3.63) is 40.2 Å². The van der Waals surface area contributed by atoms with E-state index in [2.05, 4.69) is 0 Å². The lowest BCUT2D eigenvalue weighted by Crippen LogP contribution is -1.99. The van der Waals surface area contributed by atoms with Crippen molar-refractivity contribution >= 4 is 17.7 Å². The number of hydrogen-bond donors (Lipinski definition) is 1. The first kappa shape index (κ1) is 10.2. The molecular formula is C10H11ClFN. The van der Waals surface area contributed by atoms with Crippen LogP contribution in [0.25, 0.3) is 6.08 Å². The summed E-state index contributed by atoms with van der Waals surface area (Å²) in [5.74, 6) is -0.319. The SMILES string of the molecule is C/C(=C/c1c(F)cccc1Cl)CN. The number of halogens is 2. The Morgan fingerprint density at radius 1 is 1.62 bits per heavy atom. The van der Waals surface area contributed by atoms with Gasteiger partial charge in [0.15, 0.2) is 0 Å². The second-order valence-electron chi connectivity index (χ2n) is 2.83. The molecule has 0 saturated carbocycles. The molecule has 70 valence electrons. The van der Waals surface area contributed by atoms with Crippen molar-refractivity contribution in [2.24, 2.45) is 5.73 Å². The molecule has 0 aliphatic rings. The van der Waals surface area contributed by atoms with E-state index < -0.39 is 0 Å². The lowest BCUT2D eigenvalue weighted by Gasteiger charge is -2.01. The minimum absolute atomic E-state index is 0.319. The van der Waals surface area contributed by atoms with E-state index in [4.69, 9.17) is 17.3 Å². The highest BCUT2D eigenvalue weighted by Crippen LogP contribution is 2.21. The van der Waals surface area contributed by atoms with Crippen LogP contribution in [0, 0.1) is 5.82 Å². The van der Waals surface area contributed by atoms with Crippen LogP contribution in [0.4, 0.5) is 4.39 Å². The van der Waals surface area contributed by atoms with Crippen molar-refractivity contribution < 1.29 is 4.39 Å². The van der Waals surface area contributed by atoms with E-state index in [0.29, 0.717) is 17.1 Å². The Kier molecular flexibility index (Phi) is 3.46. The zero-order valence-electron chi connectivity index (χ0n) is 7.35. The number of benzene rings is 1. The molecule has 0 atom stereocenters. The average molecular weight is 200 g/mol. The van der Waals surface area contributed by atoms with E-state index in [1.54, 1.807) is 18.2 Å². The molecule has 0 amide bonds. The molecule has 0 aliphatic heterocycles. The Morgan fingerprint density at radius 2 is 2.31 bits per heavy atom. The monoisotopic (exact) mass is 199 g/mol. The van der Waals surface area contributed by atoms with Crippen molar-refractivity contribution in [3.8, 4) is 0 Å². The van der Waals surface area contributed by atoms with Gasteiger partial charge in [0.1, 0.15) is 5.82 Å². The summed E-state index contributed by atoms with van der Waals surface area (Å²) in [6.45, 7) is 2.24. The van der Waals surface area contributed by atoms with Gasteiger partial charge in [0, 0.05) is 12.1 Å². The first-order valence-electron chi connectivity index (χ1n) is 3.96. The summed E-state index contributed by atoms with van der Waals surface area (Å²) in [5.41, 5.74) is 6.69. The Balaban J connectivity index is 3.14. The van der Waals surface area contributed by atoms with Gasteiger partial charge in [-0.25, -0.2) is 4.39 Å². The van der Waals surface area contributed by atoms with Gasteiger partial charge >= 0.3 is 0 Å². The number of rotatable bonds is 2. The summed E-state index contributed by atoms with van der Waals surface area (Å²) in [6, 6.07) is 4.61. The zero-order valence-corrected chi connectivity index (χ0v) is 8.11. The van der Waals surface area contributed by atoms with E-state index in [0.717, 1.165) is 5.57 Å². The maximum Gasteiger partial charge on any atom is 0.131 e. The minimum atomic E-state index is -0.319. The van der Waals surface area contributed by atoms with Crippen LogP contribution >= 0.6 is 11.6 Å². The van der Waals surface area contributed by atoms with Gasteiger partial charge < -0.3 is 5.73 Å². The molecule has 1 aromatic rings. The number of hydrogen-bond acceptors (Lipinski definition) is 1. The van der Waals surface area contributed by atoms with Gasteiger partial charge in [-0.05, 0) is 19.1 Å². The van der Waals surface area contributed by atoms with Crippen LogP contribution in [0.2, 0.25) is 5.02 Å². The summed E-state index contributed by atoms with van der Waals surface area (Å²) in [6.07, 6.45) is 1.66. The highest BCUT2D eigenvalue weighted by molar-refractivity contribution is 6.32. The van der Waals surface area contributed by atoms with Gasteiger partial charge in [-0.1, -0.05) is 29.3 Å². The second kappa shape index (κ2) is 4.40. The third kappa shape index (κ3) is 2.54. The number of nitrogens with two attached hydrogens (primary N) is 1. The molecule has 0 saturated heterocycles. The summed E-state index contributed by atoms with van der Waals surface area (Å²) in [5, 5.41) is 0.410. The molecule has 2 N–H and O–H groups in total. The standard InChI is InChI=1S/C10H11ClFN/c1-7(6-13)5-8-9(11)3-2-4-10(8)12/h2-5H,6,13H2,1H3/b7-5-. The molecular weight excluding hydrogens is 189 g/mol. The normalized spacial score (nSPS) is 11.8. The molecule has 0 aromatic heterocycles. The van der Waals surface area contributed by atoms with E-state index in [9.17, 15) is 4.39 Å². The van der Waals surface area contributed by atoms with Crippen LogP contribution in [-0.4, -0.2) is 6.54 Å². The van der Waals surface area contributed by atoms with Gasteiger partial charge in [-0.3, -0.25) is 0 Å². The van der Waals surface area contributed by atoms with Crippen molar-refractivity contribution in [1.82, 2.24) is 0 Å². The highest BCUT2D eigenvalue weighted by atomic mass is 35.5. The van der Waals surface area contributed by atoms with E-state index in [1.807, 2.05) is 6.92 Å². The topological polar surface area (TPSA) is 26.0 Å². The molecule has 0 radical (unpaired) electrons. The fourth-order valence-electron chi connectivity index (χ4n) is 0.954. The summed E-state index contributed by atoms with van der Waals surface area (Å²) < 4.78 is 13.2. The van der Waals surface area contributed by atoms with Gasteiger partial charge in [0.25, 0.3) is 0 Å². The van der Waals surface area contributed by atoms with Crippen molar-refractivity contribution in [2.75, 3.05) is 6.54 Å². The van der Waals surface area contributed by atoms with Crippen LogP contribution in [0.15, 0.2) is 23.8 Å². The molecule has 0 bridgehead atoms. The fraction of sp³-hybridized carbons (Fsp3) is 0.200. The van der Waals surface area contributed by atoms with Crippen LogP contribution in [-0.2, 0) is 0 Å². The largest absolute Gasteiger partial charge is 0.327 e. The molecule has 3 heteroatoms. The Hall–Kier alpha value is -0.860. The van der Waals surface area contributed by atoms with Gasteiger partial charge in [0.2, 0.25) is 0 Å². The molecule has 0 aliphatic carbocycles. The molecule has 1 nitrogen and oxygen atoms in total. The predicted molar refractivity (Wildman–Crippen MR) is 54.1 cm³/mol. The molecule has 13 heavy (non-hydrogen) atoms. The lowest BCUT2D eigenvalue weighted by atomic mass is 10.1.